The first-order valence-electron chi connectivity index (χ1n) is 6.31. The molecule has 0 aliphatic heterocycles. The molecule has 0 saturated carbocycles. The molecule has 1 N–H and O–H groups in total. The maximum Gasteiger partial charge on any atom is 0.371 e. The Bertz CT molecular complexity index is 753. The Morgan fingerprint density at radius 3 is 2.62 bits per heavy atom. The molecule has 0 bridgehead atoms. The van der Waals surface area contributed by atoms with Gasteiger partial charge < -0.3 is 9.84 Å². The van der Waals surface area contributed by atoms with Crippen LogP contribution in [0.25, 0.3) is 17.0 Å². The summed E-state index contributed by atoms with van der Waals surface area (Å²) in [7, 11) is 1.30. The second-order valence-corrected chi connectivity index (χ2v) is 4.39. The van der Waals surface area contributed by atoms with Crippen molar-refractivity contribution in [2.75, 3.05) is 7.11 Å². The van der Waals surface area contributed by atoms with E-state index in [-0.39, 0.29) is 11.7 Å². The van der Waals surface area contributed by atoms with Gasteiger partial charge in [-0.3, -0.25) is 9.36 Å². The molecule has 0 aliphatic carbocycles. The van der Waals surface area contributed by atoms with E-state index in [1.54, 1.807) is 22.9 Å². The lowest BCUT2D eigenvalue weighted by atomic mass is 10.1. The van der Waals surface area contributed by atoms with Crippen molar-refractivity contribution < 1.29 is 19.4 Å². The molecule has 1 heterocycles. The first-order chi connectivity index (χ1) is 10.0. The number of carbonyl (C=O) groups is 2. The number of carbonyl (C=O) groups excluding carboxylic acids is 1. The molecule has 0 spiro atoms. The topological polar surface area (TPSA) is 68.5 Å². The molecular formula is C16H15NO4. The van der Waals surface area contributed by atoms with Crippen molar-refractivity contribution in [1.29, 1.82) is 0 Å². The summed E-state index contributed by atoms with van der Waals surface area (Å²) in [4.78, 5) is 22.4. The minimum Gasteiger partial charge on any atom is -0.490 e. The monoisotopic (exact) mass is 285 g/mol. The Morgan fingerprint density at radius 2 is 2.00 bits per heavy atom. The van der Waals surface area contributed by atoms with E-state index < -0.39 is 5.97 Å². The van der Waals surface area contributed by atoms with Gasteiger partial charge in [-0.05, 0) is 12.1 Å². The van der Waals surface area contributed by atoms with Crippen LogP contribution in [0.5, 0.6) is 0 Å². The number of aliphatic carboxylic acids is 1. The van der Waals surface area contributed by atoms with Crippen molar-refractivity contribution in [3.05, 3.63) is 53.9 Å². The number of hydrogen-bond acceptors (Lipinski definition) is 3. The third-order valence-electron chi connectivity index (χ3n) is 3.04. The Kier molecular flexibility index (Phi) is 4.23. The van der Waals surface area contributed by atoms with Crippen LogP contribution in [-0.2, 0) is 9.53 Å². The second-order valence-electron chi connectivity index (χ2n) is 4.39. The van der Waals surface area contributed by atoms with Gasteiger partial charge in [0.25, 0.3) is 0 Å². The summed E-state index contributed by atoms with van der Waals surface area (Å²) < 4.78 is 6.29. The summed E-state index contributed by atoms with van der Waals surface area (Å²) in [5.41, 5.74) is 1.65. The highest BCUT2D eigenvalue weighted by Gasteiger charge is 2.08. The molecule has 0 radical (unpaired) electrons. The molecule has 2 aromatic rings. The van der Waals surface area contributed by atoms with Crippen LogP contribution >= 0.6 is 0 Å². The van der Waals surface area contributed by atoms with Crippen LogP contribution in [0.2, 0.25) is 0 Å². The standard InChI is InChI=1S/C16H15NO4/c1-11(18)17-10-12(13-7-3-4-8-14(13)17)6-5-9-15(21-2)16(19)20/h3-10H,1-2H3,(H,19,20)/b6-5+,15-9+. The summed E-state index contributed by atoms with van der Waals surface area (Å²) in [5.74, 6) is -1.36. The largest absolute Gasteiger partial charge is 0.490 e. The van der Waals surface area contributed by atoms with Gasteiger partial charge in [-0.25, -0.2) is 4.79 Å². The quantitative estimate of drug-likeness (QED) is 0.533. The highest BCUT2D eigenvalue weighted by atomic mass is 16.5. The van der Waals surface area contributed by atoms with Gasteiger partial charge in [-0.2, -0.15) is 0 Å². The van der Waals surface area contributed by atoms with Crippen molar-refractivity contribution in [2.24, 2.45) is 0 Å². The molecule has 0 unspecified atom stereocenters. The Labute approximate surface area is 121 Å². The van der Waals surface area contributed by atoms with Gasteiger partial charge in [0.2, 0.25) is 11.7 Å². The fourth-order valence-corrected chi connectivity index (χ4v) is 2.07. The molecule has 0 atom stereocenters. The molecule has 0 aliphatic rings. The molecule has 1 aromatic carbocycles. The second kappa shape index (κ2) is 6.09. The minimum absolute atomic E-state index is 0.0792. The molecule has 0 fully saturated rings. The Morgan fingerprint density at radius 1 is 1.29 bits per heavy atom. The van der Waals surface area contributed by atoms with Crippen LogP contribution in [0.1, 0.15) is 17.3 Å². The molecule has 1 aromatic heterocycles. The summed E-state index contributed by atoms with van der Waals surface area (Å²) in [5, 5.41) is 9.77. The SMILES string of the molecule is CO/C(=C/C=C/c1cn(C(C)=O)c2ccccc12)C(=O)O. The molecule has 21 heavy (non-hydrogen) atoms. The van der Waals surface area contributed by atoms with Crippen molar-refractivity contribution in [2.45, 2.75) is 6.92 Å². The predicted octanol–water partition coefficient (Wildman–Crippen LogP) is 2.93. The predicted molar refractivity (Wildman–Crippen MR) is 80.0 cm³/mol. The van der Waals surface area contributed by atoms with Crippen molar-refractivity contribution in [3.63, 3.8) is 0 Å². The van der Waals surface area contributed by atoms with E-state index in [4.69, 9.17) is 9.84 Å². The number of allylic oxidation sites excluding steroid dienone is 2. The van der Waals surface area contributed by atoms with Gasteiger partial charge in [-0.15, -0.1) is 0 Å². The van der Waals surface area contributed by atoms with E-state index in [2.05, 4.69) is 0 Å². The van der Waals surface area contributed by atoms with Crippen LogP contribution < -0.4 is 0 Å². The van der Waals surface area contributed by atoms with Gasteiger partial charge in [0.05, 0.1) is 12.6 Å². The molecule has 0 amide bonds. The van der Waals surface area contributed by atoms with Gasteiger partial charge >= 0.3 is 5.97 Å². The van der Waals surface area contributed by atoms with Gasteiger partial charge in [0, 0.05) is 24.1 Å². The lowest BCUT2D eigenvalue weighted by Gasteiger charge is -1.97. The molecule has 108 valence electrons. The van der Waals surface area contributed by atoms with E-state index in [0.29, 0.717) is 0 Å². The summed E-state index contributed by atoms with van der Waals surface area (Å²) >= 11 is 0. The van der Waals surface area contributed by atoms with E-state index in [9.17, 15) is 9.59 Å². The summed E-state index contributed by atoms with van der Waals surface area (Å²) in [6.45, 7) is 1.49. The number of para-hydroxylation sites is 1. The smallest absolute Gasteiger partial charge is 0.371 e. The molecular weight excluding hydrogens is 270 g/mol. The van der Waals surface area contributed by atoms with Crippen LogP contribution in [0.15, 0.2) is 48.4 Å². The van der Waals surface area contributed by atoms with Gasteiger partial charge in [0.1, 0.15) is 0 Å². The van der Waals surface area contributed by atoms with Gasteiger partial charge in [0.15, 0.2) is 0 Å². The number of ether oxygens (including phenoxy) is 1. The van der Waals surface area contributed by atoms with E-state index in [1.165, 1.54) is 20.1 Å². The molecule has 0 saturated heterocycles. The average molecular weight is 285 g/mol. The fourth-order valence-electron chi connectivity index (χ4n) is 2.07. The molecule has 5 nitrogen and oxygen atoms in total. The highest BCUT2D eigenvalue weighted by molar-refractivity contribution is 5.97. The lowest BCUT2D eigenvalue weighted by Crippen LogP contribution is -2.02. The van der Waals surface area contributed by atoms with Crippen LogP contribution in [0, 0.1) is 0 Å². The summed E-state index contributed by atoms with van der Waals surface area (Å²) in [6.07, 6.45) is 6.41. The average Bonchev–Trinajstić information content (AvgIpc) is 2.82. The molecule has 2 rings (SSSR count). The number of carboxylic acids is 1. The third kappa shape index (κ3) is 3.02. The Balaban J connectivity index is 2.44. The number of fused-ring (bicyclic) bond motifs is 1. The normalized spacial score (nSPS) is 12.0. The first kappa shape index (κ1) is 14.6. The van der Waals surface area contributed by atoms with Crippen LogP contribution in [-0.4, -0.2) is 28.7 Å². The third-order valence-corrected chi connectivity index (χ3v) is 3.04. The van der Waals surface area contributed by atoms with Crippen molar-refractivity contribution in [1.82, 2.24) is 4.57 Å². The highest BCUT2D eigenvalue weighted by Crippen LogP contribution is 2.22. The number of nitrogens with zero attached hydrogens (tertiary/aromatic N) is 1. The number of benzene rings is 1. The number of carboxylic acid groups (broad SMARTS) is 1. The lowest BCUT2D eigenvalue weighted by molar-refractivity contribution is -0.136. The molecule has 5 heteroatoms. The number of methoxy groups -OCH3 is 1. The van der Waals surface area contributed by atoms with Crippen LogP contribution in [0.3, 0.4) is 0 Å². The first-order valence-corrected chi connectivity index (χ1v) is 6.31. The van der Waals surface area contributed by atoms with E-state index in [1.807, 2.05) is 24.3 Å². The van der Waals surface area contributed by atoms with Gasteiger partial charge in [-0.1, -0.05) is 30.4 Å². The maximum absolute atomic E-state index is 11.6. The van der Waals surface area contributed by atoms with E-state index >= 15 is 0 Å². The minimum atomic E-state index is -1.13. The number of hydrogen-bond donors (Lipinski definition) is 1. The fraction of sp³-hybridized carbons (Fsp3) is 0.125. The number of aromatic nitrogens is 1. The zero-order valence-electron chi connectivity index (χ0n) is 11.7. The van der Waals surface area contributed by atoms with Crippen molar-refractivity contribution in [3.8, 4) is 0 Å². The Hall–Kier alpha value is -2.82. The zero-order valence-corrected chi connectivity index (χ0v) is 11.7. The van der Waals surface area contributed by atoms with Crippen molar-refractivity contribution >= 4 is 28.9 Å². The summed E-state index contributed by atoms with van der Waals surface area (Å²) in [6, 6.07) is 7.52. The maximum atomic E-state index is 11.6. The van der Waals surface area contributed by atoms with E-state index in [0.717, 1.165) is 16.5 Å². The number of rotatable bonds is 4. The zero-order chi connectivity index (χ0) is 15.4. The van der Waals surface area contributed by atoms with Crippen LogP contribution in [0.4, 0.5) is 0 Å².